The molecule has 0 radical (unpaired) electrons. The van der Waals surface area contributed by atoms with Crippen molar-refractivity contribution in [3.8, 4) is 0 Å². The number of nitrogens with zero attached hydrogens (tertiary/aromatic N) is 3. The Morgan fingerprint density at radius 2 is 2.48 bits per heavy atom. The average molecular weight is 305 g/mol. The lowest BCUT2D eigenvalue weighted by Crippen LogP contribution is -2.39. The molecule has 0 aromatic carbocycles. The summed E-state index contributed by atoms with van der Waals surface area (Å²) in [7, 11) is 0. The van der Waals surface area contributed by atoms with E-state index in [2.05, 4.69) is 10.1 Å². The number of carbonyl (C=O) groups is 1. The molecule has 0 unspecified atom stereocenters. The third-order valence-electron chi connectivity index (χ3n) is 3.83. The summed E-state index contributed by atoms with van der Waals surface area (Å²) in [6.07, 6.45) is 3.27. The van der Waals surface area contributed by atoms with E-state index in [1.807, 2.05) is 29.3 Å². The minimum Gasteiger partial charge on any atom is -0.342 e. The van der Waals surface area contributed by atoms with E-state index in [4.69, 9.17) is 4.52 Å². The number of rotatable bonds is 4. The molecule has 0 saturated carbocycles. The fraction of sp³-hybridized carbons (Fsp3) is 0.533. The van der Waals surface area contributed by atoms with E-state index in [1.54, 1.807) is 11.3 Å². The first kappa shape index (κ1) is 14.3. The monoisotopic (exact) mass is 305 g/mol. The lowest BCUT2D eigenvalue weighted by atomic mass is 9.97. The molecule has 2 aromatic heterocycles. The smallest absolute Gasteiger partial charge is 0.231 e. The number of hydrogen-bond donors (Lipinski definition) is 0. The molecule has 0 aliphatic carbocycles. The Morgan fingerprint density at radius 1 is 1.57 bits per heavy atom. The number of carbonyl (C=O) groups excluding carboxylic acids is 1. The zero-order chi connectivity index (χ0) is 14.7. The highest BCUT2D eigenvalue weighted by molar-refractivity contribution is 7.10. The third-order valence-corrected chi connectivity index (χ3v) is 4.71. The maximum Gasteiger partial charge on any atom is 0.231 e. The highest BCUT2D eigenvalue weighted by atomic mass is 32.1. The Labute approximate surface area is 128 Å². The van der Waals surface area contributed by atoms with Crippen LogP contribution < -0.4 is 0 Å². The number of hydrogen-bond acceptors (Lipinski definition) is 5. The average Bonchev–Trinajstić information content (AvgIpc) is 3.18. The quantitative estimate of drug-likeness (QED) is 0.871. The van der Waals surface area contributed by atoms with Crippen LogP contribution in [-0.2, 0) is 17.6 Å². The molecule has 21 heavy (non-hydrogen) atoms. The van der Waals surface area contributed by atoms with Crippen molar-refractivity contribution in [3.63, 3.8) is 0 Å². The molecule has 112 valence electrons. The van der Waals surface area contributed by atoms with Gasteiger partial charge in [-0.1, -0.05) is 18.1 Å². The summed E-state index contributed by atoms with van der Waals surface area (Å²) in [6.45, 7) is 3.53. The largest absolute Gasteiger partial charge is 0.342 e. The van der Waals surface area contributed by atoms with Crippen LogP contribution in [-0.4, -0.2) is 34.0 Å². The van der Waals surface area contributed by atoms with Gasteiger partial charge in [0.05, 0.1) is 12.3 Å². The van der Waals surface area contributed by atoms with Crippen LogP contribution in [0.3, 0.4) is 0 Å². The van der Waals surface area contributed by atoms with Crippen LogP contribution in [0.4, 0.5) is 0 Å². The Bertz CT molecular complexity index is 594. The van der Waals surface area contributed by atoms with Gasteiger partial charge in [0.1, 0.15) is 0 Å². The number of piperidine rings is 1. The summed E-state index contributed by atoms with van der Waals surface area (Å²) in [5.41, 5.74) is 0. The van der Waals surface area contributed by atoms with Crippen molar-refractivity contribution in [3.05, 3.63) is 34.1 Å². The van der Waals surface area contributed by atoms with E-state index in [0.29, 0.717) is 18.9 Å². The molecule has 1 atom stereocenters. The van der Waals surface area contributed by atoms with Gasteiger partial charge < -0.3 is 9.42 Å². The second kappa shape index (κ2) is 6.39. The summed E-state index contributed by atoms with van der Waals surface area (Å²) < 4.78 is 5.33. The second-order valence-electron chi connectivity index (χ2n) is 5.34. The first-order valence-corrected chi connectivity index (χ1v) is 8.27. The van der Waals surface area contributed by atoms with Gasteiger partial charge in [-0.3, -0.25) is 4.79 Å². The molecule has 0 N–H and O–H groups in total. The van der Waals surface area contributed by atoms with Crippen LogP contribution >= 0.6 is 11.3 Å². The maximum atomic E-state index is 12.4. The summed E-state index contributed by atoms with van der Waals surface area (Å²) in [4.78, 5) is 19.8. The normalized spacial score (nSPS) is 18.9. The Balaban J connectivity index is 1.63. The van der Waals surface area contributed by atoms with Crippen LogP contribution in [0.25, 0.3) is 0 Å². The second-order valence-corrected chi connectivity index (χ2v) is 6.37. The van der Waals surface area contributed by atoms with E-state index in [-0.39, 0.29) is 11.8 Å². The van der Waals surface area contributed by atoms with Crippen molar-refractivity contribution in [1.29, 1.82) is 0 Å². The number of amides is 1. The van der Waals surface area contributed by atoms with Crippen molar-refractivity contribution < 1.29 is 9.32 Å². The van der Waals surface area contributed by atoms with Gasteiger partial charge >= 0.3 is 0 Å². The first-order chi connectivity index (χ1) is 10.3. The third kappa shape index (κ3) is 3.32. The number of aromatic nitrogens is 2. The Hall–Kier alpha value is -1.69. The molecule has 1 saturated heterocycles. The molecule has 3 heterocycles. The molecule has 5 nitrogen and oxygen atoms in total. The Morgan fingerprint density at radius 3 is 3.19 bits per heavy atom. The topological polar surface area (TPSA) is 59.2 Å². The maximum absolute atomic E-state index is 12.4. The Kier molecular flexibility index (Phi) is 4.34. The molecule has 1 fully saturated rings. The standard InChI is InChI=1S/C15H19N3O2S/c1-2-13-16-15(20-17-13)11-5-3-7-18(10-11)14(19)9-12-6-4-8-21-12/h4,6,8,11H,2-3,5,7,9-10H2,1H3/t11-/m0/s1. The van der Waals surface area contributed by atoms with Gasteiger partial charge in [0.2, 0.25) is 11.8 Å². The molecule has 1 amide bonds. The van der Waals surface area contributed by atoms with Crippen molar-refractivity contribution in [1.82, 2.24) is 15.0 Å². The lowest BCUT2D eigenvalue weighted by molar-refractivity contribution is -0.131. The molecule has 3 rings (SSSR count). The van der Waals surface area contributed by atoms with E-state index >= 15 is 0 Å². The van der Waals surface area contributed by atoms with E-state index in [9.17, 15) is 4.79 Å². The summed E-state index contributed by atoms with van der Waals surface area (Å²) in [6, 6.07) is 3.99. The van der Waals surface area contributed by atoms with Crippen LogP contribution in [0.5, 0.6) is 0 Å². The van der Waals surface area contributed by atoms with Crippen molar-refractivity contribution in [2.45, 2.75) is 38.5 Å². The van der Waals surface area contributed by atoms with E-state index in [1.165, 1.54) is 0 Å². The predicted octanol–water partition coefficient (Wildman–Crippen LogP) is 2.64. The molecule has 0 bridgehead atoms. The summed E-state index contributed by atoms with van der Waals surface area (Å²) in [5.74, 6) is 1.80. The minimum atomic E-state index is 0.179. The number of aryl methyl sites for hydroxylation is 1. The van der Waals surface area contributed by atoms with Crippen molar-refractivity contribution >= 4 is 17.2 Å². The van der Waals surface area contributed by atoms with Gasteiger partial charge in [0, 0.05) is 24.4 Å². The van der Waals surface area contributed by atoms with Gasteiger partial charge in [0.25, 0.3) is 0 Å². The molecule has 1 aliphatic heterocycles. The lowest BCUT2D eigenvalue weighted by Gasteiger charge is -2.31. The molecule has 6 heteroatoms. The highest BCUT2D eigenvalue weighted by Crippen LogP contribution is 2.26. The van der Waals surface area contributed by atoms with E-state index in [0.717, 1.165) is 36.5 Å². The minimum absolute atomic E-state index is 0.179. The molecular formula is C15H19N3O2S. The number of thiophene rings is 1. The van der Waals surface area contributed by atoms with Crippen LogP contribution in [0.15, 0.2) is 22.0 Å². The van der Waals surface area contributed by atoms with Crippen molar-refractivity contribution in [2.75, 3.05) is 13.1 Å². The molecular weight excluding hydrogens is 286 g/mol. The predicted molar refractivity (Wildman–Crippen MR) is 80.3 cm³/mol. The van der Waals surface area contributed by atoms with Gasteiger partial charge in [-0.25, -0.2) is 0 Å². The van der Waals surface area contributed by atoms with Gasteiger partial charge in [-0.05, 0) is 24.3 Å². The molecule has 2 aromatic rings. The summed E-state index contributed by atoms with van der Waals surface area (Å²) in [5, 5.41) is 5.96. The molecule has 0 spiro atoms. The fourth-order valence-electron chi connectivity index (χ4n) is 2.66. The zero-order valence-electron chi connectivity index (χ0n) is 12.1. The van der Waals surface area contributed by atoms with Gasteiger partial charge in [-0.15, -0.1) is 11.3 Å². The van der Waals surface area contributed by atoms with Crippen LogP contribution in [0.2, 0.25) is 0 Å². The van der Waals surface area contributed by atoms with Crippen molar-refractivity contribution in [2.24, 2.45) is 0 Å². The SMILES string of the molecule is CCc1noc([C@H]2CCCN(C(=O)Cc3cccs3)C2)n1. The highest BCUT2D eigenvalue weighted by Gasteiger charge is 2.28. The van der Waals surface area contributed by atoms with Gasteiger partial charge in [0.15, 0.2) is 5.82 Å². The van der Waals surface area contributed by atoms with Crippen LogP contribution in [0, 0.1) is 0 Å². The summed E-state index contributed by atoms with van der Waals surface area (Å²) >= 11 is 1.63. The zero-order valence-corrected chi connectivity index (χ0v) is 12.9. The van der Waals surface area contributed by atoms with E-state index < -0.39 is 0 Å². The fourth-order valence-corrected chi connectivity index (χ4v) is 3.35. The first-order valence-electron chi connectivity index (χ1n) is 7.39. The number of likely N-dealkylation sites (tertiary alicyclic amines) is 1. The van der Waals surface area contributed by atoms with Gasteiger partial charge in [-0.2, -0.15) is 4.98 Å². The molecule has 1 aliphatic rings. The van der Waals surface area contributed by atoms with Crippen LogP contribution in [0.1, 0.15) is 42.3 Å².